The topological polar surface area (TPSA) is 0 Å². The fourth-order valence-corrected chi connectivity index (χ4v) is 9.51. The predicted molar refractivity (Wildman–Crippen MR) is 101 cm³/mol. The van der Waals surface area contributed by atoms with Gasteiger partial charge in [-0.05, 0) is 0 Å². The molecule has 2 rings (SSSR count). The van der Waals surface area contributed by atoms with Crippen LogP contribution in [0, 0.1) is 13.8 Å². The summed E-state index contributed by atoms with van der Waals surface area (Å²) in [5, 5.41) is 0. The van der Waals surface area contributed by atoms with Crippen LogP contribution in [0.15, 0.2) is 36.4 Å². The standard InChI is InChI=1S/2C10H13.CH3.Sb/c2*1-8(2)10-6-4-5-9(3)7-10;;/h2*4-5,7-8H,1-3H3;1H3;. The Bertz CT molecular complexity index is 595. The molecule has 0 bridgehead atoms. The van der Waals surface area contributed by atoms with Crippen LogP contribution in [-0.2, 0) is 0 Å². The second-order valence-electron chi connectivity index (χ2n) is 6.99. The monoisotopic (exact) mass is 402 g/mol. The van der Waals surface area contributed by atoms with Crippen LogP contribution >= 0.6 is 0 Å². The zero-order valence-electron chi connectivity index (χ0n) is 15.1. The molecule has 2 aromatic rings. The number of benzene rings is 2. The Labute approximate surface area is 143 Å². The molecule has 0 heterocycles. The molecule has 0 fully saturated rings. The molecule has 0 aliphatic rings. The molecule has 0 atom stereocenters. The molecule has 0 saturated carbocycles. The Kier molecular flexibility index (Phi) is 5.78. The van der Waals surface area contributed by atoms with E-state index in [9.17, 15) is 0 Å². The number of rotatable bonds is 4. The molecule has 118 valence electrons. The molecule has 0 aliphatic carbocycles. The predicted octanol–water partition coefficient (Wildman–Crippen LogP) is 4.79. The van der Waals surface area contributed by atoms with E-state index in [2.05, 4.69) is 82.8 Å². The van der Waals surface area contributed by atoms with Gasteiger partial charge in [0.25, 0.3) is 0 Å². The third kappa shape index (κ3) is 3.77. The van der Waals surface area contributed by atoms with Crippen molar-refractivity contribution in [3.8, 4) is 0 Å². The van der Waals surface area contributed by atoms with Crippen molar-refractivity contribution in [3.63, 3.8) is 0 Å². The van der Waals surface area contributed by atoms with Crippen molar-refractivity contribution < 1.29 is 0 Å². The quantitative estimate of drug-likeness (QED) is 0.645. The molecule has 2 aromatic carbocycles. The molecular formula is C21H29Sb. The van der Waals surface area contributed by atoms with Crippen molar-refractivity contribution in [2.45, 2.75) is 58.2 Å². The van der Waals surface area contributed by atoms with E-state index in [0.717, 1.165) is 0 Å². The van der Waals surface area contributed by atoms with Gasteiger partial charge in [-0.1, -0.05) is 0 Å². The summed E-state index contributed by atoms with van der Waals surface area (Å²) in [4.78, 5) is 2.54. The van der Waals surface area contributed by atoms with Crippen molar-refractivity contribution >= 4 is 27.2 Å². The second-order valence-corrected chi connectivity index (χ2v) is 12.9. The van der Waals surface area contributed by atoms with Crippen LogP contribution in [0.1, 0.15) is 61.8 Å². The summed E-state index contributed by atoms with van der Waals surface area (Å²) >= 11 is -1.66. The molecule has 0 radical (unpaired) electrons. The molecule has 0 spiro atoms. The molecule has 0 aliphatic heterocycles. The Morgan fingerprint density at radius 1 is 0.682 bits per heavy atom. The van der Waals surface area contributed by atoms with Gasteiger partial charge < -0.3 is 0 Å². The van der Waals surface area contributed by atoms with E-state index in [1.165, 1.54) is 11.1 Å². The van der Waals surface area contributed by atoms with E-state index in [1.807, 2.05) is 0 Å². The van der Waals surface area contributed by atoms with Gasteiger partial charge in [0.2, 0.25) is 0 Å². The summed E-state index contributed by atoms with van der Waals surface area (Å²) in [5.41, 5.74) is 5.91. The van der Waals surface area contributed by atoms with Gasteiger partial charge >= 0.3 is 144 Å². The second kappa shape index (κ2) is 7.22. The summed E-state index contributed by atoms with van der Waals surface area (Å²) in [7, 11) is 0. The van der Waals surface area contributed by atoms with Gasteiger partial charge in [0.05, 0.1) is 0 Å². The maximum atomic E-state index is 2.54. The molecular weight excluding hydrogens is 374 g/mol. The summed E-state index contributed by atoms with van der Waals surface area (Å²) in [6.45, 7) is 13.7. The van der Waals surface area contributed by atoms with E-state index in [-0.39, 0.29) is 0 Å². The van der Waals surface area contributed by atoms with Gasteiger partial charge in [0.1, 0.15) is 0 Å². The first-order chi connectivity index (χ1) is 10.3. The fourth-order valence-electron chi connectivity index (χ4n) is 3.01. The van der Waals surface area contributed by atoms with Gasteiger partial charge in [0.15, 0.2) is 0 Å². The first kappa shape index (κ1) is 17.6. The average Bonchev–Trinajstić information content (AvgIpc) is 2.46. The Morgan fingerprint density at radius 2 is 1.05 bits per heavy atom. The summed E-state index contributed by atoms with van der Waals surface area (Å²) in [5.74, 6) is 1.21. The Hall–Kier alpha value is -0.742. The first-order valence-electron chi connectivity index (χ1n) is 8.26. The summed E-state index contributed by atoms with van der Waals surface area (Å²) in [6, 6.07) is 14.2. The van der Waals surface area contributed by atoms with Crippen LogP contribution in [0.4, 0.5) is 0 Å². The van der Waals surface area contributed by atoms with Crippen LogP contribution in [0.25, 0.3) is 0 Å². The van der Waals surface area contributed by atoms with Crippen LogP contribution in [0.2, 0.25) is 4.87 Å². The summed E-state index contributed by atoms with van der Waals surface area (Å²) in [6.07, 6.45) is 0. The van der Waals surface area contributed by atoms with Gasteiger partial charge in [-0.15, -0.1) is 0 Å². The van der Waals surface area contributed by atoms with Gasteiger partial charge in [0, 0.05) is 0 Å². The van der Waals surface area contributed by atoms with Crippen LogP contribution in [0.5, 0.6) is 0 Å². The zero-order chi connectivity index (χ0) is 16.4. The van der Waals surface area contributed by atoms with Crippen molar-refractivity contribution in [2.24, 2.45) is 0 Å². The maximum absolute atomic E-state index is 2.54. The van der Waals surface area contributed by atoms with Gasteiger partial charge in [-0.3, -0.25) is 0 Å². The van der Waals surface area contributed by atoms with Crippen LogP contribution in [0.3, 0.4) is 0 Å². The van der Waals surface area contributed by atoms with Crippen molar-refractivity contribution in [1.82, 2.24) is 0 Å². The molecule has 0 saturated heterocycles. The number of hydrogen-bond acceptors (Lipinski definition) is 0. The molecule has 0 amide bonds. The first-order valence-corrected chi connectivity index (χ1v) is 13.4. The van der Waals surface area contributed by atoms with Crippen molar-refractivity contribution in [3.05, 3.63) is 58.7 Å². The molecule has 0 unspecified atom stereocenters. The molecule has 22 heavy (non-hydrogen) atoms. The van der Waals surface area contributed by atoms with E-state index >= 15 is 0 Å². The normalized spacial score (nSPS) is 11.7. The minimum atomic E-state index is -1.66. The molecule has 0 N–H and O–H groups in total. The summed E-state index contributed by atoms with van der Waals surface area (Å²) < 4.78 is 3.32. The Balaban J connectivity index is 2.56. The molecule has 0 nitrogen and oxygen atoms in total. The molecule has 0 aromatic heterocycles. The van der Waals surface area contributed by atoms with Gasteiger partial charge in [-0.25, -0.2) is 0 Å². The average molecular weight is 403 g/mol. The third-order valence-corrected chi connectivity index (χ3v) is 10.8. The van der Waals surface area contributed by atoms with E-state index in [1.54, 1.807) is 18.1 Å². The van der Waals surface area contributed by atoms with E-state index in [0.29, 0.717) is 11.8 Å². The van der Waals surface area contributed by atoms with Gasteiger partial charge in [-0.2, -0.15) is 0 Å². The number of hydrogen-bond donors (Lipinski definition) is 0. The Morgan fingerprint density at radius 3 is 1.36 bits per heavy atom. The third-order valence-electron chi connectivity index (χ3n) is 4.33. The van der Waals surface area contributed by atoms with Crippen LogP contribution < -0.4 is 7.02 Å². The SMILES string of the molecule is Cc1cc[c]([Sb]([CH3])[c]2ccc(C)cc2C(C)C)c(C(C)C)c1. The van der Waals surface area contributed by atoms with E-state index < -0.39 is 20.2 Å². The van der Waals surface area contributed by atoms with Crippen molar-refractivity contribution in [2.75, 3.05) is 0 Å². The minimum absolute atomic E-state index is 0.606. The zero-order valence-corrected chi connectivity index (χ0v) is 17.6. The van der Waals surface area contributed by atoms with Crippen LogP contribution in [-0.4, -0.2) is 20.2 Å². The fraction of sp³-hybridized carbons (Fsp3) is 0.429. The number of aryl methyl sites for hydroxylation is 2. The van der Waals surface area contributed by atoms with Crippen molar-refractivity contribution in [1.29, 1.82) is 0 Å². The molecule has 1 heteroatoms. The van der Waals surface area contributed by atoms with E-state index in [4.69, 9.17) is 0 Å².